The Balaban J connectivity index is 1.34. The summed E-state index contributed by atoms with van der Waals surface area (Å²) >= 11 is 0. The zero-order valence-electron chi connectivity index (χ0n) is 23.5. The number of benzene rings is 8. The maximum atomic E-state index is 2.48. The maximum Gasteiger partial charge on any atom is -0.00199 e. The van der Waals surface area contributed by atoms with Gasteiger partial charge < -0.3 is 0 Å². The van der Waals surface area contributed by atoms with E-state index in [0.717, 1.165) is 0 Å². The van der Waals surface area contributed by atoms with E-state index in [1.54, 1.807) is 0 Å². The van der Waals surface area contributed by atoms with Crippen molar-refractivity contribution in [2.24, 2.45) is 0 Å². The molecule has 0 aliphatic heterocycles. The Bertz CT molecular complexity index is 2720. The average Bonchev–Trinajstić information content (AvgIpc) is 3.50. The third kappa shape index (κ3) is 2.72. The summed E-state index contributed by atoms with van der Waals surface area (Å²) in [6, 6.07) is 46.0. The summed E-state index contributed by atoms with van der Waals surface area (Å²) in [6.07, 6.45) is 0. The molecule has 0 radical (unpaired) electrons. The van der Waals surface area contributed by atoms with Gasteiger partial charge in [-0.05, 0) is 147 Å². The van der Waals surface area contributed by atoms with Crippen molar-refractivity contribution in [2.75, 3.05) is 0 Å². The zero-order valence-corrected chi connectivity index (χ0v) is 23.5. The Hall–Kier alpha value is -5.20. The minimum Gasteiger partial charge on any atom is -0.0617 e. The molecule has 42 heavy (non-hydrogen) atoms. The van der Waals surface area contributed by atoms with E-state index in [1.165, 1.54) is 108 Å². The molecule has 10 aromatic carbocycles. The van der Waals surface area contributed by atoms with Crippen LogP contribution in [0.3, 0.4) is 0 Å². The molecule has 0 aliphatic carbocycles. The van der Waals surface area contributed by atoms with Crippen molar-refractivity contribution >= 4 is 86.2 Å². The second-order valence-electron chi connectivity index (χ2n) is 12.2. The molecule has 0 unspecified atom stereocenters. The number of fused-ring (bicyclic) bond motifs is 10. The Kier molecular flexibility index (Phi) is 4.15. The smallest absolute Gasteiger partial charge is 0.00199 e. The van der Waals surface area contributed by atoms with Crippen molar-refractivity contribution < 1.29 is 0 Å². The first kappa shape index (κ1) is 22.5. The van der Waals surface area contributed by atoms with Crippen molar-refractivity contribution in [1.82, 2.24) is 0 Å². The summed E-state index contributed by atoms with van der Waals surface area (Å²) < 4.78 is 0. The van der Waals surface area contributed by atoms with E-state index in [2.05, 4.69) is 135 Å². The number of rotatable bonds is 1. The Labute approximate surface area is 243 Å². The van der Waals surface area contributed by atoms with Crippen LogP contribution in [0.1, 0.15) is 11.1 Å². The largest absolute Gasteiger partial charge is 0.0617 e. The Morgan fingerprint density at radius 1 is 0.310 bits per heavy atom. The summed E-state index contributed by atoms with van der Waals surface area (Å²) in [5, 5.41) is 21.6. The van der Waals surface area contributed by atoms with Crippen molar-refractivity contribution in [3.63, 3.8) is 0 Å². The van der Waals surface area contributed by atoms with Gasteiger partial charge in [-0.3, -0.25) is 0 Å². The van der Waals surface area contributed by atoms with Gasteiger partial charge in [0.05, 0.1) is 0 Å². The second-order valence-corrected chi connectivity index (χ2v) is 12.2. The average molecular weight is 531 g/mol. The summed E-state index contributed by atoms with van der Waals surface area (Å²) in [7, 11) is 0. The normalized spacial score (nSPS) is 12.5. The predicted molar refractivity (Wildman–Crippen MR) is 184 cm³/mol. The van der Waals surface area contributed by atoms with Gasteiger partial charge in [0.1, 0.15) is 0 Å². The third-order valence-electron chi connectivity index (χ3n) is 9.97. The van der Waals surface area contributed by atoms with E-state index in [4.69, 9.17) is 0 Å². The van der Waals surface area contributed by atoms with Crippen LogP contribution in [0.4, 0.5) is 0 Å². The van der Waals surface area contributed by atoms with Crippen LogP contribution in [0.5, 0.6) is 0 Å². The van der Waals surface area contributed by atoms with Crippen molar-refractivity contribution in [3.8, 4) is 11.1 Å². The molecule has 0 heterocycles. The first-order valence-electron chi connectivity index (χ1n) is 14.9. The topological polar surface area (TPSA) is 0 Å². The molecule has 10 rings (SSSR count). The molecule has 0 saturated carbocycles. The third-order valence-corrected chi connectivity index (χ3v) is 9.97. The highest BCUT2D eigenvalue weighted by Gasteiger charge is 2.18. The fraction of sp³-hybridized carbons (Fsp3) is 0.0476. The highest BCUT2D eigenvalue weighted by molar-refractivity contribution is 6.38. The van der Waals surface area contributed by atoms with Crippen LogP contribution >= 0.6 is 0 Å². The summed E-state index contributed by atoms with van der Waals surface area (Å²) in [6.45, 7) is 4.44. The lowest BCUT2D eigenvalue weighted by Crippen LogP contribution is -1.87. The summed E-state index contributed by atoms with van der Waals surface area (Å²) in [5.41, 5.74) is 5.30. The first-order valence-corrected chi connectivity index (χ1v) is 14.9. The van der Waals surface area contributed by atoms with Gasteiger partial charge in [-0.25, -0.2) is 0 Å². The molecule has 0 nitrogen and oxygen atoms in total. The molecule has 0 aliphatic rings. The number of aryl methyl sites for hydroxylation is 2. The fourth-order valence-electron chi connectivity index (χ4n) is 8.17. The van der Waals surface area contributed by atoms with Gasteiger partial charge in [-0.2, -0.15) is 0 Å². The lowest BCUT2D eigenvalue weighted by atomic mass is 9.93. The van der Waals surface area contributed by atoms with Crippen LogP contribution in [0.2, 0.25) is 0 Å². The molecule has 0 saturated heterocycles. The van der Waals surface area contributed by atoms with Crippen LogP contribution in [-0.4, -0.2) is 0 Å². The van der Waals surface area contributed by atoms with E-state index in [1.807, 2.05) is 0 Å². The van der Waals surface area contributed by atoms with Gasteiger partial charge in [0, 0.05) is 0 Å². The Morgan fingerprint density at radius 3 is 1.60 bits per heavy atom. The monoisotopic (exact) mass is 530 g/mol. The van der Waals surface area contributed by atoms with E-state index >= 15 is 0 Å². The van der Waals surface area contributed by atoms with E-state index in [9.17, 15) is 0 Å². The molecular weight excluding hydrogens is 504 g/mol. The van der Waals surface area contributed by atoms with Crippen LogP contribution in [0, 0.1) is 13.8 Å². The molecule has 0 amide bonds. The molecule has 0 spiro atoms. The molecule has 0 fully saturated rings. The van der Waals surface area contributed by atoms with Crippen molar-refractivity contribution in [1.29, 1.82) is 0 Å². The molecule has 10 aromatic rings. The fourth-order valence-corrected chi connectivity index (χ4v) is 8.17. The molecular formula is C42H26. The molecule has 0 atom stereocenters. The second kappa shape index (κ2) is 7.75. The number of hydrogen-bond acceptors (Lipinski definition) is 0. The molecule has 0 N–H and O–H groups in total. The summed E-state index contributed by atoms with van der Waals surface area (Å²) in [5.74, 6) is 0. The van der Waals surface area contributed by atoms with Gasteiger partial charge in [0.2, 0.25) is 0 Å². The van der Waals surface area contributed by atoms with Gasteiger partial charge in [0.25, 0.3) is 0 Å². The minimum atomic E-state index is 1.30. The lowest BCUT2D eigenvalue weighted by Gasteiger charge is -2.10. The molecule has 0 aromatic heterocycles. The molecule has 0 bridgehead atoms. The highest BCUT2D eigenvalue weighted by Crippen LogP contribution is 2.46. The van der Waals surface area contributed by atoms with Crippen LogP contribution in [0.15, 0.2) is 121 Å². The molecule has 194 valence electrons. The van der Waals surface area contributed by atoms with E-state index in [-0.39, 0.29) is 0 Å². The number of hydrogen-bond donors (Lipinski definition) is 0. The van der Waals surface area contributed by atoms with Gasteiger partial charge in [-0.1, -0.05) is 97.1 Å². The van der Waals surface area contributed by atoms with E-state index < -0.39 is 0 Å². The van der Waals surface area contributed by atoms with Crippen LogP contribution < -0.4 is 0 Å². The van der Waals surface area contributed by atoms with Gasteiger partial charge in [-0.15, -0.1) is 0 Å². The zero-order chi connectivity index (χ0) is 27.7. The standard InChI is InChI=1S/C42H26/c1-23-7-3-8-24(2)40(23)27-16-18-29-35(20-27)33-14-6-13-30-28-17-15-26-19-36-31-11-4-9-25-10-5-12-32(41(25)31)38(36)21-34(26)37(28)22-39(29)42(30)33/h3-22H,1-2H3. The SMILES string of the molecule is Cc1cccc(C)c1-c1ccc2c(c1)c1cccc3c4ccc5cc6c(cc5c4cc2c31)c1cccc2cccc6c21. The van der Waals surface area contributed by atoms with Gasteiger partial charge in [0.15, 0.2) is 0 Å². The van der Waals surface area contributed by atoms with E-state index in [0.29, 0.717) is 0 Å². The van der Waals surface area contributed by atoms with Crippen molar-refractivity contribution in [3.05, 3.63) is 132 Å². The lowest BCUT2D eigenvalue weighted by molar-refractivity contribution is 1.38. The quantitative estimate of drug-likeness (QED) is 0.185. The van der Waals surface area contributed by atoms with Crippen LogP contribution in [0.25, 0.3) is 97.3 Å². The predicted octanol–water partition coefficient (Wildman–Crippen LogP) is 12.1. The maximum absolute atomic E-state index is 2.48. The van der Waals surface area contributed by atoms with Gasteiger partial charge >= 0.3 is 0 Å². The molecule has 0 heteroatoms. The first-order chi connectivity index (χ1) is 20.7. The van der Waals surface area contributed by atoms with Crippen molar-refractivity contribution in [2.45, 2.75) is 13.8 Å². The minimum absolute atomic E-state index is 1.30. The highest BCUT2D eigenvalue weighted by atomic mass is 14.2. The van der Waals surface area contributed by atoms with Crippen LogP contribution in [-0.2, 0) is 0 Å². The summed E-state index contributed by atoms with van der Waals surface area (Å²) in [4.78, 5) is 0. The Morgan fingerprint density at radius 2 is 0.833 bits per heavy atom.